The lowest BCUT2D eigenvalue weighted by molar-refractivity contribution is -0.384. The van der Waals surface area contributed by atoms with Gasteiger partial charge in [0.05, 0.1) is 31.1 Å². The molecule has 9 nitrogen and oxygen atoms in total. The first-order chi connectivity index (χ1) is 19.0. The molecule has 39 heavy (non-hydrogen) atoms. The zero-order valence-corrected chi connectivity index (χ0v) is 22.3. The Kier molecular flexibility index (Phi) is 7.97. The minimum atomic E-state index is -0.373. The van der Waals surface area contributed by atoms with Crippen LogP contribution in [0.25, 0.3) is 0 Å². The first-order valence-electron chi connectivity index (χ1n) is 13.3. The molecule has 0 saturated carbocycles. The van der Waals surface area contributed by atoms with Gasteiger partial charge in [0.1, 0.15) is 0 Å². The number of amides is 1. The third kappa shape index (κ3) is 5.83. The van der Waals surface area contributed by atoms with E-state index < -0.39 is 0 Å². The van der Waals surface area contributed by atoms with Gasteiger partial charge in [0.2, 0.25) is 5.91 Å². The number of nitrogens with one attached hydrogen (secondary N) is 1. The summed E-state index contributed by atoms with van der Waals surface area (Å²) in [6, 6.07) is 21.1. The zero-order valence-electron chi connectivity index (χ0n) is 22.3. The fraction of sp³-hybridized carbons (Fsp3) is 0.367. The second kappa shape index (κ2) is 11.7. The molecule has 0 unspecified atom stereocenters. The van der Waals surface area contributed by atoms with Crippen LogP contribution in [-0.2, 0) is 24.2 Å². The van der Waals surface area contributed by atoms with Crippen LogP contribution in [0.5, 0.6) is 11.5 Å². The molecule has 204 valence electrons. The Morgan fingerprint density at radius 2 is 1.79 bits per heavy atom. The highest BCUT2D eigenvalue weighted by atomic mass is 16.6. The van der Waals surface area contributed by atoms with Crippen molar-refractivity contribution in [1.29, 1.82) is 0 Å². The summed E-state index contributed by atoms with van der Waals surface area (Å²) in [4.78, 5) is 29.4. The lowest BCUT2D eigenvalue weighted by Crippen LogP contribution is -2.61. The Hall–Kier alpha value is -4.11. The van der Waals surface area contributed by atoms with Crippen molar-refractivity contribution in [3.05, 3.63) is 93.5 Å². The lowest BCUT2D eigenvalue weighted by Gasteiger charge is -2.49. The van der Waals surface area contributed by atoms with Crippen LogP contribution in [0.1, 0.15) is 16.7 Å². The Balaban J connectivity index is 1.32. The minimum Gasteiger partial charge on any atom is -0.493 e. The van der Waals surface area contributed by atoms with E-state index in [0.29, 0.717) is 30.9 Å². The van der Waals surface area contributed by atoms with Gasteiger partial charge in [-0.1, -0.05) is 36.4 Å². The van der Waals surface area contributed by atoms with Gasteiger partial charge in [-0.05, 0) is 47.7 Å². The monoisotopic (exact) mass is 530 g/mol. The molecule has 2 aliphatic heterocycles. The summed E-state index contributed by atoms with van der Waals surface area (Å²) in [5, 5.41) is 14.6. The van der Waals surface area contributed by atoms with Crippen LogP contribution in [0, 0.1) is 16.0 Å². The number of benzene rings is 3. The molecule has 0 spiro atoms. The number of carbonyl (C=O) groups excluding carboxylic acids is 1. The molecule has 5 rings (SSSR count). The molecule has 1 fully saturated rings. The van der Waals surface area contributed by atoms with Crippen molar-refractivity contribution in [1.82, 2.24) is 10.2 Å². The number of ether oxygens (including phenoxy) is 2. The van der Waals surface area contributed by atoms with Crippen molar-refractivity contribution in [2.45, 2.75) is 25.4 Å². The van der Waals surface area contributed by atoms with Gasteiger partial charge in [-0.2, -0.15) is 0 Å². The van der Waals surface area contributed by atoms with Gasteiger partial charge < -0.3 is 19.7 Å². The topological polar surface area (TPSA) is 97.2 Å². The Labute approximate surface area is 228 Å². The van der Waals surface area contributed by atoms with E-state index >= 15 is 0 Å². The van der Waals surface area contributed by atoms with Crippen LogP contribution in [0.15, 0.2) is 66.7 Å². The van der Waals surface area contributed by atoms with Gasteiger partial charge in [-0.3, -0.25) is 19.8 Å². The number of fused-ring (bicyclic) bond motifs is 3. The summed E-state index contributed by atoms with van der Waals surface area (Å²) in [6.07, 6.45) is 1.12. The Bertz CT molecular complexity index is 1330. The van der Waals surface area contributed by atoms with Crippen LogP contribution >= 0.6 is 0 Å². The summed E-state index contributed by atoms with van der Waals surface area (Å²) in [6.45, 7) is 3.67. The molecule has 2 atom stereocenters. The highest BCUT2D eigenvalue weighted by Gasteiger charge is 2.41. The first-order valence-corrected chi connectivity index (χ1v) is 13.3. The van der Waals surface area contributed by atoms with Gasteiger partial charge in [0.15, 0.2) is 11.5 Å². The predicted molar refractivity (Wildman–Crippen MR) is 149 cm³/mol. The average Bonchev–Trinajstić information content (AvgIpc) is 2.96. The molecule has 0 aliphatic carbocycles. The van der Waals surface area contributed by atoms with Crippen molar-refractivity contribution in [2.75, 3.05) is 45.3 Å². The number of non-ortho nitro benzene ring substituents is 1. The summed E-state index contributed by atoms with van der Waals surface area (Å²) in [5.41, 5.74) is 4.19. The van der Waals surface area contributed by atoms with Gasteiger partial charge >= 0.3 is 0 Å². The number of carbonyl (C=O) groups is 1. The third-order valence-electron chi connectivity index (χ3n) is 7.74. The van der Waals surface area contributed by atoms with Crippen LogP contribution < -0.4 is 19.7 Å². The van der Waals surface area contributed by atoms with Crippen LogP contribution in [0.3, 0.4) is 0 Å². The number of nitro benzene ring substituents is 1. The van der Waals surface area contributed by atoms with E-state index in [1.165, 1.54) is 5.56 Å². The van der Waals surface area contributed by atoms with Crippen LogP contribution in [0.4, 0.5) is 11.4 Å². The van der Waals surface area contributed by atoms with E-state index in [1.54, 1.807) is 26.4 Å². The predicted octanol–water partition coefficient (Wildman–Crippen LogP) is 3.83. The summed E-state index contributed by atoms with van der Waals surface area (Å²) >= 11 is 0. The maximum Gasteiger partial charge on any atom is 0.269 e. The van der Waals surface area contributed by atoms with E-state index in [2.05, 4.69) is 27.2 Å². The fourth-order valence-electron chi connectivity index (χ4n) is 5.76. The molecule has 2 heterocycles. The number of hydrogen-bond donors (Lipinski definition) is 1. The maximum absolute atomic E-state index is 13.6. The minimum absolute atomic E-state index is 0.0162. The summed E-state index contributed by atoms with van der Waals surface area (Å²) in [5.74, 6) is 0.980. The smallest absolute Gasteiger partial charge is 0.269 e. The standard InChI is InChI=1S/C30H34N4O5/c1-38-28-11-8-21(16-29(28)39-2)12-13-31-30(35)25-18-23-17-24(34(36)37)9-10-26(23)33-15-14-32(20-27(25)33)19-22-6-4-3-5-7-22/h3-11,16-17,25,27H,12-15,18-20H2,1-2H3,(H,31,35)/t25-,27-/m0/s1. The lowest BCUT2D eigenvalue weighted by atomic mass is 9.83. The van der Waals surface area contributed by atoms with Gasteiger partial charge in [-0.25, -0.2) is 0 Å². The van der Waals surface area contributed by atoms with Crippen molar-refractivity contribution < 1.29 is 19.2 Å². The maximum atomic E-state index is 13.6. The van der Waals surface area contributed by atoms with Gasteiger partial charge in [-0.15, -0.1) is 0 Å². The molecule has 1 N–H and O–H groups in total. The molecule has 0 bridgehead atoms. The molecule has 3 aromatic rings. The largest absolute Gasteiger partial charge is 0.493 e. The second-order valence-corrected chi connectivity index (χ2v) is 10.1. The van der Waals surface area contributed by atoms with Crippen molar-refractivity contribution in [3.63, 3.8) is 0 Å². The zero-order chi connectivity index (χ0) is 27.4. The molecule has 0 aromatic heterocycles. The van der Waals surface area contributed by atoms with E-state index in [0.717, 1.165) is 43.0 Å². The highest BCUT2D eigenvalue weighted by Crippen LogP contribution is 2.38. The molecule has 1 amide bonds. The van der Waals surface area contributed by atoms with Crippen molar-refractivity contribution in [3.8, 4) is 11.5 Å². The molecule has 2 aliphatic rings. The summed E-state index contributed by atoms with van der Waals surface area (Å²) in [7, 11) is 3.20. The Morgan fingerprint density at radius 3 is 2.54 bits per heavy atom. The number of methoxy groups -OCH3 is 2. The third-order valence-corrected chi connectivity index (χ3v) is 7.74. The molecule has 9 heteroatoms. The highest BCUT2D eigenvalue weighted by molar-refractivity contribution is 5.82. The number of hydrogen-bond acceptors (Lipinski definition) is 7. The van der Waals surface area contributed by atoms with Crippen LogP contribution in [0.2, 0.25) is 0 Å². The van der Waals surface area contributed by atoms with E-state index in [4.69, 9.17) is 9.47 Å². The van der Waals surface area contributed by atoms with E-state index in [-0.39, 0.29) is 28.5 Å². The number of piperazine rings is 1. The van der Waals surface area contributed by atoms with Crippen molar-refractivity contribution in [2.24, 2.45) is 5.92 Å². The van der Waals surface area contributed by atoms with E-state index in [1.807, 2.05) is 42.5 Å². The number of anilines is 1. The molecular formula is C30H34N4O5. The normalized spacial score (nSPS) is 18.6. The quantitative estimate of drug-likeness (QED) is 0.332. The van der Waals surface area contributed by atoms with Crippen LogP contribution in [-0.4, -0.2) is 62.2 Å². The molecular weight excluding hydrogens is 496 g/mol. The van der Waals surface area contributed by atoms with E-state index in [9.17, 15) is 14.9 Å². The van der Waals surface area contributed by atoms with Gasteiger partial charge in [0, 0.05) is 50.5 Å². The number of nitrogens with zero attached hydrogens (tertiary/aromatic N) is 3. The second-order valence-electron chi connectivity index (χ2n) is 10.1. The van der Waals surface area contributed by atoms with Crippen molar-refractivity contribution >= 4 is 17.3 Å². The molecule has 3 aromatic carbocycles. The molecule has 0 radical (unpaired) electrons. The first kappa shape index (κ1) is 26.5. The fourth-order valence-corrected chi connectivity index (χ4v) is 5.76. The average molecular weight is 531 g/mol. The van der Waals surface area contributed by atoms with Gasteiger partial charge in [0.25, 0.3) is 5.69 Å². The SMILES string of the molecule is COc1ccc(CCNC(=O)[C@H]2Cc3cc([N+](=O)[O-])ccc3N3CCN(Cc4ccccc4)C[C@@H]23)cc1OC. The Morgan fingerprint density at radius 1 is 1.00 bits per heavy atom. The number of nitro groups is 1. The number of rotatable bonds is 9. The summed E-state index contributed by atoms with van der Waals surface area (Å²) < 4.78 is 10.7. The molecule has 1 saturated heterocycles.